The highest BCUT2D eigenvalue weighted by Gasteiger charge is 2.10. The summed E-state index contributed by atoms with van der Waals surface area (Å²) in [7, 11) is 3.29. The van der Waals surface area contributed by atoms with Crippen LogP contribution in [0.15, 0.2) is 28.9 Å². The van der Waals surface area contributed by atoms with Gasteiger partial charge in [-0.05, 0) is 40.2 Å². The van der Waals surface area contributed by atoms with E-state index in [0.29, 0.717) is 0 Å². The third-order valence-corrected chi connectivity index (χ3v) is 3.95. The summed E-state index contributed by atoms with van der Waals surface area (Å²) in [5.74, 6) is 0.839. The molecule has 2 aromatic rings. The molecule has 3 nitrogen and oxygen atoms in total. The van der Waals surface area contributed by atoms with Crippen LogP contribution in [0, 0.1) is 0 Å². The van der Waals surface area contributed by atoms with Crippen molar-refractivity contribution in [1.82, 2.24) is 4.98 Å². The zero-order chi connectivity index (χ0) is 11.5. The first kappa shape index (κ1) is 11.4. The molecular weight excluding hydrogens is 290 g/mol. The van der Waals surface area contributed by atoms with Crippen molar-refractivity contribution in [3.05, 3.63) is 28.9 Å². The highest BCUT2D eigenvalue weighted by Crippen LogP contribution is 2.37. The van der Waals surface area contributed by atoms with E-state index >= 15 is 0 Å². The Hall–Kier alpha value is -1.07. The smallest absolute Gasteiger partial charge is 0.209 e. The molecule has 1 heterocycles. The van der Waals surface area contributed by atoms with Crippen LogP contribution in [0.4, 0.5) is 0 Å². The topological polar surface area (TPSA) is 31.4 Å². The van der Waals surface area contributed by atoms with Crippen LogP contribution in [0.3, 0.4) is 0 Å². The Morgan fingerprint density at radius 2 is 1.81 bits per heavy atom. The fraction of sp³-hybridized carbons (Fsp3) is 0.182. The maximum absolute atomic E-state index is 5.18. The van der Waals surface area contributed by atoms with Gasteiger partial charge in [-0.3, -0.25) is 0 Å². The Morgan fingerprint density at radius 3 is 2.31 bits per heavy atom. The first-order valence-corrected chi connectivity index (χ1v) is 6.20. The van der Waals surface area contributed by atoms with E-state index in [1.165, 1.54) is 11.3 Å². The lowest BCUT2D eigenvalue weighted by molar-refractivity contribution is 0.415. The maximum Gasteiger partial charge on any atom is 0.209 e. The van der Waals surface area contributed by atoms with Crippen LogP contribution in [0.2, 0.25) is 0 Å². The van der Waals surface area contributed by atoms with Crippen molar-refractivity contribution in [2.45, 2.75) is 0 Å². The molecule has 2 rings (SSSR count). The number of halogens is 1. The fourth-order valence-electron chi connectivity index (χ4n) is 1.27. The van der Waals surface area contributed by atoms with E-state index in [4.69, 9.17) is 9.47 Å². The van der Waals surface area contributed by atoms with Crippen molar-refractivity contribution in [1.29, 1.82) is 0 Å². The molecule has 0 saturated carbocycles. The molecule has 0 bridgehead atoms. The van der Waals surface area contributed by atoms with Crippen LogP contribution in [-0.4, -0.2) is 19.2 Å². The molecule has 0 aliphatic carbocycles. The van der Waals surface area contributed by atoms with Crippen LogP contribution in [0.25, 0.3) is 10.6 Å². The van der Waals surface area contributed by atoms with E-state index in [-0.39, 0.29) is 0 Å². The first-order valence-electron chi connectivity index (χ1n) is 4.59. The second-order valence-electron chi connectivity index (χ2n) is 3.03. The zero-order valence-corrected chi connectivity index (χ0v) is 11.3. The van der Waals surface area contributed by atoms with Gasteiger partial charge in [0, 0.05) is 5.56 Å². The number of hydrogen-bond donors (Lipinski definition) is 0. The van der Waals surface area contributed by atoms with E-state index in [1.807, 2.05) is 24.3 Å². The number of ether oxygens (including phenoxy) is 2. The molecule has 1 aromatic carbocycles. The molecule has 16 heavy (non-hydrogen) atoms. The number of aromatic nitrogens is 1. The van der Waals surface area contributed by atoms with E-state index < -0.39 is 0 Å². The van der Waals surface area contributed by atoms with Crippen LogP contribution < -0.4 is 9.47 Å². The lowest BCUT2D eigenvalue weighted by Crippen LogP contribution is -1.82. The molecule has 0 spiro atoms. The van der Waals surface area contributed by atoms with Crippen molar-refractivity contribution in [3.8, 4) is 21.4 Å². The lowest BCUT2D eigenvalue weighted by atomic mass is 10.2. The van der Waals surface area contributed by atoms with Gasteiger partial charge in [-0.15, -0.1) is 0 Å². The highest BCUT2D eigenvalue weighted by molar-refractivity contribution is 9.10. The van der Waals surface area contributed by atoms with Gasteiger partial charge in [0.1, 0.15) is 10.8 Å². The SMILES string of the molecule is COc1ccc(-c2nc(Br)c(OC)s2)cc1. The average molecular weight is 300 g/mol. The standard InChI is InChI=1S/C11H10BrNO2S/c1-14-8-5-3-7(4-6-8)10-13-9(12)11(15-2)16-10/h3-6H,1-2H3. The quantitative estimate of drug-likeness (QED) is 0.868. The predicted molar refractivity (Wildman–Crippen MR) is 68.4 cm³/mol. The van der Waals surface area contributed by atoms with Crippen molar-refractivity contribution >= 4 is 27.3 Å². The van der Waals surface area contributed by atoms with Crippen molar-refractivity contribution in [2.75, 3.05) is 14.2 Å². The number of thiazole rings is 1. The fourth-order valence-corrected chi connectivity index (χ4v) is 2.75. The minimum absolute atomic E-state index is 0.741. The van der Waals surface area contributed by atoms with Crippen LogP contribution >= 0.6 is 27.3 Å². The molecule has 0 unspecified atom stereocenters. The number of nitrogens with zero attached hydrogens (tertiary/aromatic N) is 1. The number of rotatable bonds is 3. The van der Waals surface area contributed by atoms with Gasteiger partial charge >= 0.3 is 0 Å². The van der Waals surface area contributed by atoms with Crippen LogP contribution in [0.1, 0.15) is 0 Å². The van der Waals surface area contributed by atoms with Crippen molar-refractivity contribution in [3.63, 3.8) is 0 Å². The average Bonchev–Trinajstić information content (AvgIpc) is 2.71. The Bertz CT molecular complexity index is 481. The first-order chi connectivity index (χ1) is 7.74. The molecule has 0 amide bonds. The molecule has 84 valence electrons. The van der Waals surface area contributed by atoms with Gasteiger partial charge in [-0.25, -0.2) is 4.98 Å². The normalized spacial score (nSPS) is 10.2. The summed E-state index contributed by atoms with van der Waals surface area (Å²) in [5.41, 5.74) is 1.05. The maximum atomic E-state index is 5.18. The third-order valence-electron chi connectivity index (χ3n) is 2.08. The largest absolute Gasteiger partial charge is 0.497 e. The molecule has 0 N–H and O–H groups in total. The van der Waals surface area contributed by atoms with Crippen molar-refractivity contribution in [2.24, 2.45) is 0 Å². The molecule has 0 atom stereocenters. The second-order valence-corrected chi connectivity index (χ2v) is 4.74. The minimum Gasteiger partial charge on any atom is -0.497 e. The predicted octanol–water partition coefficient (Wildman–Crippen LogP) is 3.59. The summed E-state index contributed by atoms with van der Waals surface area (Å²) >= 11 is 4.86. The van der Waals surface area contributed by atoms with Gasteiger partial charge in [-0.1, -0.05) is 11.3 Å². The summed E-state index contributed by atoms with van der Waals surface area (Å²) in [6.45, 7) is 0. The summed E-state index contributed by atoms with van der Waals surface area (Å²) in [5, 5.41) is 1.71. The Labute approximate surface area is 106 Å². The number of methoxy groups -OCH3 is 2. The highest BCUT2D eigenvalue weighted by atomic mass is 79.9. The molecule has 0 fully saturated rings. The minimum atomic E-state index is 0.741. The van der Waals surface area contributed by atoms with Gasteiger partial charge in [0.2, 0.25) is 5.06 Å². The van der Waals surface area contributed by atoms with Gasteiger partial charge in [0.05, 0.1) is 14.2 Å². The summed E-state index contributed by atoms with van der Waals surface area (Å²) in [6.07, 6.45) is 0. The molecule has 0 aliphatic heterocycles. The summed E-state index contributed by atoms with van der Waals surface area (Å²) < 4.78 is 11.0. The molecule has 0 radical (unpaired) electrons. The van der Waals surface area contributed by atoms with Crippen molar-refractivity contribution < 1.29 is 9.47 Å². The molecule has 1 aromatic heterocycles. The molecule has 0 aliphatic rings. The zero-order valence-electron chi connectivity index (χ0n) is 8.86. The van der Waals surface area contributed by atoms with Gasteiger partial charge in [-0.2, -0.15) is 0 Å². The van der Waals surface area contributed by atoms with E-state index in [2.05, 4.69) is 20.9 Å². The number of hydrogen-bond acceptors (Lipinski definition) is 4. The van der Waals surface area contributed by atoms with Crippen LogP contribution in [0.5, 0.6) is 10.8 Å². The molecular formula is C11H10BrNO2S. The number of benzene rings is 1. The van der Waals surface area contributed by atoms with E-state index in [9.17, 15) is 0 Å². The summed E-state index contributed by atoms with van der Waals surface area (Å²) in [4.78, 5) is 4.38. The Morgan fingerprint density at radius 1 is 1.12 bits per heavy atom. The molecule has 5 heteroatoms. The van der Waals surface area contributed by atoms with E-state index in [1.54, 1.807) is 14.2 Å². The van der Waals surface area contributed by atoms with Crippen LogP contribution in [-0.2, 0) is 0 Å². The van der Waals surface area contributed by atoms with Gasteiger partial charge < -0.3 is 9.47 Å². The van der Waals surface area contributed by atoms with Gasteiger partial charge in [0.25, 0.3) is 0 Å². The molecule has 0 saturated heterocycles. The Balaban J connectivity index is 2.34. The third kappa shape index (κ3) is 2.20. The summed E-state index contributed by atoms with van der Waals surface area (Å²) in [6, 6.07) is 7.78. The Kier molecular flexibility index (Phi) is 3.46. The van der Waals surface area contributed by atoms with Gasteiger partial charge in [0.15, 0.2) is 4.60 Å². The monoisotopic (exact) mass is 299 g/mol. The lowest BCUT2D eigenvalue weighted by Gasteiger charge is -1.99. The van der Waals surface area contributed by atoms with E-state index in [0.717, 1.165) is 26.0 Å². The second kappa shape index (κ2) is 4.84.